The van der Waals surface area contributed by atoms with Crippen LogP contribution in [0.25, 0.3) is 33.8 Å². The molecule has 4 bridgehead atoms. The van der Waals surface area contributed by atoms with Crippen LogP contribution < -0.4 is 20.7 Å². The molecule has 0 radical (unpaired) electrons. The number of H-pyrrole nitrogens is 1. The van der Waals surface area contributed by atoms with E-state index >= 15 is 0 Å². The molecular formula is C40H38N6O7. The van der Waals surface area contributed by atoms with Crippen molar-refractivity contribution in [2.45, 2.75) is 63.9 Å². The fourth-order valence-electron chi connectivity index (χ4n) is 7.86. The molecule has 1 spiro atoms. The number of aliphatic hydroxyl groups excluding tert-OH is 1. The molecule has 2 amide bonds. The molecule has 3 aromatic carbocycles. The number of phenolic OH excluding ortho intramolecular Hbond substituents is 1. The number of aromatic nitrogens is 3. The number of fused-ring (bicyclic) bond motifs is 5. The third-order valence-corrected chi connectivity index (χ3v) is 10.6. The molecular weight excluding hydrogens is 676 g/mol. The van der Waals surface area contributed by atoms with E-state index < -0.39 is 41.6 Å². The number of carbonyl (C=O) groups excluding carboxylic acids is 2. The normalized spacial score (nSPS) is 22.0. The molecule has 6 aromatic rings. The van der Waals surface area contributed by atoms with E-state index in [9.17, 15) is 19.8 Å². The number of benzene rings is 3. The largest absolute Gasteiger partial charge is 0.506 e. The fraction of sp³-hybridized carbons (Fsp3) is 0.300. The summed E-state index contributed by atoms with van der Waals surface area (Å²) in [7, 11) is 0. The van der Waals surface area contributed by atoms with Crippen molar-refractivity contribution in [1.29, 1.82) is 0 Å². The lowest BCUT2D eigenvalue weighted by molar-refractivity contribution is -0.135. The summed E-state index contributed by atoms with van der Waals surface area (Å²) in [6, 6.07) is 17.2. The molecule has 0 saturated carbocycles. The lowest BCUT2D eigenvalue weighted by Gasteiger charge is -2.29. The molecule has 5 atom stereocenters. The van der Waals surface area contributed by atoms with Crippen LogP contribution in [0.5, 0.6) is 11.5 Å². The van der Waals surface area contributed by atoms with Gasteiger partial charge in [0.1, 0.15) is 35.1 Å². The van der Waals surface area contributed by atoms with Crippen molar-refractivity contribution >= 4 is 28.4 Å². The van der Waals surface area contributed by atoms with E-state index in [0.717, 1.165) is 27.8 Å². The minimum atomic E-state index is -1.29. The molecule has 9 rings (SSSR count). The number of oxazole rings is 2. The van der Waals surface area contributed by atoms with Crippen molar-refractivity contribution in [3.8, 4) is 34.4 Å². The predicted molar refractivity (Wildman–Crippen MR) is 194 cm³/mol. The fourth-order valence-corrected chi connectivity index (χ4v) is 7.86. The van der Waals surface area contributed by atoms with Crippen LogP contribution in [0.1, 0.15) is 62.1 Å². The van der Waals surface area contributed by atoms with Crippen LogP contribution in [0.2, 0.25) is 0 Å². The van der Waals surface area contributed by atoms with Crippen LogP contribution in [0, 0.1) is 11.8 Å². The van der Waals surface area contributed by atoms with Gasteiger partial charge in [0.25, 0.3) is 0 Å². The number of rotatable bonds is 6. The SMILES string of the molecule is CC(C)[C@H](O)C(=O)N[C@H]1Cc2ccc3c(c2)C2(c4ccccc4N[C@H]2O3)c2oc(nc2-c2ncc(-c3c[nH]c4c(O)cccc34)o2)[C@H](C(C)C)NC1=O. The second-order valence-corrected chi connectivity index (χ2v) is 14.7. The standard InChI is InChI=1S/C40H38N6O7/c1-18(2)30-38-46-32(37-42-17-29(51-37)22-16-41-31-21(22)8-7-11-27(31)47)34(53-38)40-23-9-5-6-10-25(23)44-39(40)52-28-13-12-20(14-24(28)40)15-26(35(49)45-30)43-36(50)33(48)19(3)4/h5-14,16-19,26,30,33,39,41,44,47-48H,15H2,1-4H3,(H,43,50)(H,45,49)/t26-,30-,33-,39-,40?/m0/s1. The van der Waals surface area contributed by atoms with Crippen molar-refractivity contribution in [3.05, 3.63) is 101 Å². The zero-order valence-corrected chi connectivity index (χ0v) is 29.4. The Bertz CT molecular complexity index is 2430. The maximum absolute atomic E-state index is 14.1. The molecule has 13 heteroatoms. The van der Waals surface area contributed by atoms with E-state index in [1.165, 1.54) is 0 Å². The first-order chi connectivity index (χ1) is 25.5. The van der Waals surface area contributed by atoms with Gasteiger partial charge in [0.2, 0.25) is 23.6 Å². The van der Waals surface area contributed by atoms with Crippen LogP contribution in [0.3, 0.4) is 0 Å². The quantitative estimate of drug-likeness (QED) is 0.128. The highest BCUT2D eigenvalue weighted by molar-refractivity contribution is 5.97. The lowest BCUT2D eigenvalue weighted by Crippen LogP contribution is -2.52. The highest BCUT2D eigenvalue weighted by atomic mass is 16.5. The van der Waals surface area contributed by atoms with E-state index in [4.69, 9.17) is 23.5 Å². The molecule has 0 saturated heterocycles. The topological polar surface area (TPSA) is 188 Å². The number of ether oxygens (including phenoxy) is 1. The number of anilines is 1. The smallest absolute Gasteiger partial charge is 0.249 e. The van der Waals surface area contributed by atoms with E-state index in [1.54, 1.807) is 38.4 Å². The van der Waals surface area contributed by atoms with Gasteiger partial charge in [-0.15, -0.1) is 0 Å². The number of aromatic amines is 1. The molecule has 3 aromatic heterocycles. The number of carbonyl (C=O) groups is 2. The van der Waals surface area contributed by atoms with Gasteiger partial charge in [0.15, 0.2) is 23.4 Å². The van der Waals surface area contributed by atoms with Gasteiger partial charge in [-0.1, -0.05) is 70.2 Å². The Hall–Kier alpha value is -6.08. The number of hydrogen-bond acceptors (Lipinski definition) is 10. The Morgan fingerprint density at radius 2 is 1.85 bits per heavy atom. The molecule has 0 aliphatic carbocycles. The lowest BCUT2D eigenvalue weighted by atomic mass is 9.72. The average molecular weight is 715 g/mol. The van der Waals surface area contributed by atoms with Crippen molar-refractivity contribution in [2.24, 2.45) is 11.8 Å². The Morgan fingerprint density at radius 3 is 2.66 bits per heavy atom. The van der Waals surface area contributed by atoms with E-state index in [0.29, 0.717) is 34.0 Å². The summed E-state index contributed by atoms with van der Waals surface area (Å²) in [5, 5.41) is 31.2. The van der Waals surface area contributed by atoms with Gasteiger partial charge in [-0.2, -0.15) is 0 Å². The number of phenols is 1. The van der Waals surface area contributed by atoms with E-state index in [-0.39, 0.29) is 35.8 Å². The average Bonchev–Trinajstić information content (AvgIpc) is 3.96. The number of amides is 2. The van der Waals surface area contributed by atoms with Gasteiger partial charge < -0.3 is 44.7 Å². The highest BCUT2D eigenvalue weighted by Crippen LogP contribution is 2.59. The van der Waals surface area contributed by atoms with Crippen LogP contribution in [-0.4, -0.2) is 55.4 Å². The molecule has 6 N–H and O–H groups in total. The number of hydrogen-bond donors (Lipinski definition) is 6. The number of aliphatic hydroxyl groups is 1. The minimum absolute atomic E-state index is 0.116. The Morgan fingerprint density at radius 1 is 1.02 bits per heavy atom. The second-order valence-electron chi connectivity index (χ2n) is 14.7. The number of nitrogens with one attached hydrogen (secondary N) is 4. The number of nitrogens with zero attached hydrogens (tertiary/aromatic N) is 2. The van der Waals surface area contributed by atoms with Crippen molar-refractivity contribution in [3.63, 3.8) is 0 Å². The van der Waals surface area contributed by atoms with Crippen molar-refractivity contribution in [2.75, 3.05) is 5.32 Å². The maximum Gasteiger partial charge on any atom is 0.249 e. The number of aromatic hydroxyl groups is 1. The second kappa shape index (κ2) is 12.0. The first-order valence-electron chi connectivity index (χ1n) is 17.8. The first kappa shape index (κ1) is 32.8. The molecule has 0 fully saturated rings. The monoisotopic (exact) mass is 714 g/mol. The van der Waals surface area contributed by atoms with Gasteiger partial charge >= 0.3 is 0 Å². The van der Waals surface area contributed by atoms with Gasteiger partial charge in [-0.05, 0) is 41.2 Å². The molecule has 53 heavy (non-hydrogen) atoms. The summed E-state index contributed by atoms with van der Waals surface area (Å²) in [5.41, 5.74) is 3.86. The van der Waals surface area contributed by atoms with Crippen LogP contribution in [0.15, 0.2) is 81.9 Å². The Labute approximate surface area is 303 Å². The first-order valence-corrected chi connectivity index (χ1v) is 17.8. The summed E-state index contributed by atoms with van der Waals surface area (Å²) in [6.07, 6.45) is 1.59. The zero-order valence-electron chi connectivity index (χ0n) is 29.4. The van der Waals surface area contributed by atoms with Crippen LogP contribution in [0.4, 0.5) is 5.69 Å². The molecule has 1 unspecified atom stereocenters. The zero-order chi connectivity index (χ0) is 36.8. The highest BCUT2D eigenvalue weighted by Gasteiger charge is 2.61. The third-order valence-electron chi connectivity index (χ3n) is 10.6. The summed E-state index contributed by atoms with van der Waals surface area (Å²) in [5.74, 6) is 0.407. The van der Waals surface area contributed by atoms with Crippen molar-refractivity contribution < 1.29 is 33.4 Å². The minimum Gasteiger partial charge on any atom is -0.506 e. The van der Waals surface area contributed by atoms with E-state index in [1.807, 2.05) is 62.4 Å². The van der Waals surface area contributed by atoms with Crippen molar-refractivity contribution in [1.82, 2.24) is 25.6 Å². The van der Waals surface area contributed by atoms with Gasteiger partial charge in [-0.25, -0.2) is 9.97 Å². The van der Waals surface area contributed by atoms with Gasteiger partial charge in [0.05, 0.1) is 11.7 Å². The molecule has 3 aliphatic heterocycles. The Balaban J connectivity index is 1.26. The molecule has 270 valence electrons. The summed E-state index contributed by atoms with van der Waals surface area (Å²) >= 11 is 0. The summed E-state index contributed by atoms with van der Waals surface area (Å²) < 4.78 is 20.1. The van der Waals surface area contributed by atoms with Gasteiger partial charge in [0, 0.05) is 34.8 Å². The molecule has 13 nitrogen and oxygen atoms in total. The maximum atomic E-state index is 14.1. The van der Waals surface area contributed by atoms with Crippen LogP contribution >= 0.6 is 0 Å². The Kier molecular flexibility index (Phi) is 7.42. The van der Waals surface area contributed by atoms with E-state index in [2.05, 4.69) is 20.9 Å². The summed E-state index contributed by atoms with van der Waals surface area (Å²) in [6.45, 7) is 7.37. The molecule has 3 aliphatic rings. The predicted octanol–water partition coefficient (Wildman–Crippen LogP) is 5.53. The summed E-state index contributed by atoms with van der Waals surface area (Å²) in [4.78, 5) is 40.2. The number of para-hydroxylation sites is 2. The van der Waals surface area contributed by atoms with Crippen LogP contribution in [-0.2, 0) is 21.4 Å². The molecule has 6 heterocycles. The third kappa shape index (κ3) is 4.94. The van der Waals surface area contributed by atoms with Gasteiger partial charge in [-0.3, -0.25) is 9.59 Å².